The molecule has 1 fully saturated rings. The van der Waals surface area contributed by atoms with Crippen molar-refractivity contribution in [3.05, 3.63) is 54.6 Å². The summed E-state index contributed by atoms with van der Waals surface area (Å²) in [7, 11) is 1.68. The molecular formula is C19H22N2O3. The fourth-order valence-electron chi connectivity index (χ4n) is 2.84. The second-order valence-corrected chi connectivity index (χ2v) is 5.64. The third-order valence-corrected chi connectivity index (χ3v) is 4.16. The van der Waals surface area contributed by atoms with Crippen LogP contribution in [0, 0.1) is 0 Å². The highest BCUT2D eigenvalue weighted by atomic mass is 16.5. The van der Waals surface area contributed by atoms with Gasteiger partial charge in [-0.2, -0.15) is 0 Å². The number of hydrogen-bond acceptors (Lipinski definition) is 4. The van der Waals surface area contributed by atoms with Crippen molar-refractivity contribution < 1.29 is 14.3 Å². The lowest BCUT2D eigenvalue weighted by Gasteiger charge is -2.36. The van der Waals surface area contributed by atoms with Crippen molar-refractivity contribution in [1.29, 1.82) is 0 Å². The summed E-state index contributed by atoms with van der Waals surface area (Å²) < 4.78 is 11.0. The summed E-state index contributed by atoms with van der Waals surface area (Å²) in [5, 5.41) is 0. The monoisotopic (exact) mass is 326 g/mol. The van der Waals surface area contributed by atoms with Gasteiger partial charge in [0, 0.05) is 26.2 Å². The fraction of sp³-hybridized carbons (Fsp3) is 0.316. The Morgan fingerprint density at radius 2 is 1.62 bits per heavy atom. The molecule has 1 heterocycles. The Bertz CT molecular complexity index is 667. The molecule has 0 unspecified atom stereocenters. The number of carbonyl (C=O) groups excluding carboxylic acids is 1. The van der Waals surface area contributed by atoms with Gasteiger partial charge in [-0.3, -0.25) is 4.79 Å². The summed E-state index contributed by atoms with van der Waals surface area (Å²) in [6.45, 7) is 3.04. The van der Waals surface area contributed by atoms with Gasteiger partial charge >= 0.3 is 0 Å². The van der Waals surface area contributed by atoms with E-state index in [2.05, 4.69) is 11.0 Å². The highest BCUT2D eigenvalue weighted by Crippen LogP contribution is 2.28. The molecule has 0 N–H and O–H groups in total. The van der Waals surface area contributed by atoms with Gasteiger partial charge in [0.2, 0.25) is 0 Å². The fourth-order valence-corrected chi connectivity index (χ4v) is 2.84. The Morgan fingerprint density at radius 3 is 2.33 bits per heavy atom. The van der Waals surface area contributed by atoms with E-state index in [-0.39, 0.29) is 12.5 Å². The smallest absolute Gasteiger partial charge is 0.260 e. The summed E-state index contributed by atoms with van der Waals surface area (Å²) in [5.74, 6) is 1.61. The average molecular weight is 326 g/mol. The predicted molar refractivity (Wildman–Crippen MR) is 93.7 cm³/mol. The quantitative estimate of drug-likeness (QED) is 0.846. The SMILES string of the molecule is COc1ccccc1N1CCN(C(=O)COc2ccccc2)CC1. The molecule has 5 nitrogen and oxygen atoms in total. The van der Waals surface area contributed by atoms with Crippen molar-refractivity contribution in [2.75, 3.05) is 44.8 Å². The minimum Gasteiger partial charge on any atom is -0.495 e. The van der Waals surface area contributed by atoms with E-state index in [0.717, 1.165) is 30.3 Å². The van der Waals surface area contributed by atoms with Gasteiger partial charge < -0.3 is 19.3 Å². The molecule has 1 aliphatic rings. The van der Waals surface area contributed by atoms with E-state index < -0.39 is 0 Å². The normalized spacial score (nSPS) is 14.4. The van der Waals surface area contributed by atoms with E-state index >= 15 is 0 Å². The molecule has 5 heteroatoms. The maximum Gasteiger partial charge on any atom is 0.260 e. The standard InChI is InChI=1S/C19H22N2O3/c1-23-18-10-6-5-9-17(18)20-11-13-21(14-12-20)19(22)15-24-16-7-3-2-4-8-16/h2-10H,11-15H2,1H3. The molecular weight excluding hydrogens is 304 g/mol. The maximum atomic E-state index is 12.3. The third-order valence-electron chi connectivity index (χ3n) is 4.16. The van der Waals surface area contributed by atoms with Crippen LogP contribution in [0.15, 0.2) is 54.6 Å². The Balaban J connectivity index is 1.52. The van der Waals surface area contributed by atoms with Crippen molar-refractivity contribution in [1.82, 2.24) is 4.90 Å². The van der Waals surface area contributed by atoms with Gasteiger partial charge in [0.15, 0.2) is 6.61 Å². The van der Waals surface area contributed by atoms with Gasteiger partial charge in [0.25, 0.3) is 5.91 Å². The van der Waals surface area contributed by atoms with Gasteiger partial charge in [-0.05, 0) is 24.3 Å². The average Bonchev–Trinajstić information content (AvgIpc) is 2.67. The van der Waals surface area contributed by atoms with Gasteiger partial charge in [-0.25, -0.2) is 0 Å². The van der Waals surface area contributed by atoms with Crippen molar-refractivity contribution in [3.63, 3.8) is 0 Å². The summed E-state index contributed by atoms with van der Waals surface area (Å²) in [6.07, 6.45) is 0. The number of para-hydroxylation sites is 3. The number of piperazine rings is 1. The zero-order valence-electron chi connectivity index (χ0n) is 13.9. The Morgan fingerprint density at radius 1 is 0.958 bits per heavy atom. The molecule has 0 atom stereocenters. The second kappa shape index (κ2) is 7.73. The van der Waals surface area contributed by atoms with Crippen LogP contribution in [0.25, 0.3) is 0 Å². The summed E-state index contributed by atoms with van der Waals surface area (Å²) in [4.78, 5) is 16.4. The highest BCUT2D eigenvalue weighted by molar-refractivity contribution is 5.78. The molecule has 2 aromatic rings. The number of nitrogens with zero attached hydrogens (tertiary/aromatic N) is 2. The highest BCUT2D eigenvalue weighted by Gasteiger charge is 2.23. The van der Waals surface area contributed by atoms with E-state index in [1.807, 2.05) is 53.4 Å². The largest absolute Gasteiger partial charge is 0.495 e. The van der Waals surface area contributed by atoms with Gasteiger partial charge in [-0.1, -0.05) is 30.3 Å². The van der Waals surface area contributed by atoms with Crippen LogP contribution in [0.5, 0.6) is 11.5 Å². The number of benzene rings is 2. The number of amides is 1. The van der Waals surface area contributed by atoms with Crippen molar-refractivity contribution >= 4 is 11.6 Å². The van der Waals surface area contributed by atoms with Crippen LogP contribution in [0.3, 0.4) is 0 Å². The molecule has 0 saturated carbocycles. The van der Waals surface area contributed by atoms with Crippen LogP contribution >= 0.6 is 0 Å². The molecule has 24 heavy (non-hydrogen) atoms. The number of carbonyl (C=O) groups is 1. The van der Waals surface area contributed by atoms with Gasteiger partial charge in [0.1, 0.15) is 11.5 Å². The molecule has 126 valence electrons. The van der Waals surface area contributed by atoms with Gasteiger partial charge in [-0.15, -0.1) is 0 Å². The van der Waals surface area contributed by atoms with Crippen LogP contribution < -0.4 is 14.4 Å². The van der Waals surface area contributed by atoms with E-state index in [1.54, 1.807) is 7.11 Å². The van der Waals surface area contributed by atoms with Crippen molar-refractivity contribution in [2.24, 2.45) is 0 Å². The first kappa shape index (κ1) is 16.2. The second-order valence-electron chi connectivity index (χ2n) is 5.64. The van der Waals surface area contributed by atoms with Crippen LogP contribution in [0.2, 0.25) is 0 Å². The Kier molecular flexibility index (Phi) is 5.21. The van der Waals surface area contributed by atoms with Crippen LogP contribution in [-0.2, 0) is 4.79 Å². The van der Waals surface area contributed by atoms with E-state index in [0.29, 0.717) is 13.1 Å². The number of methoxy groups -OCH3 is 1. The minimum absolute atomic E-state index is 0.0264. The zero-order chi connectivity index (χ0) is 16.8. The molecule has 0 radical (unpaired) electrons. The number of rotatable bonds is 5. The number of ether oxygens (including phenoxy) is 2. The molecule has 0 aliphatic carbocycles. The zero-order valence-corrected chi connectivity index (χ0v) is 13.9. The molecule has 2 aromatic carbocycles. The summed E-state index contributed by atoms with van der Waals surface area (Å²) >= 11 is 0. The molecule has 0 aromatic heterocycles. The van der Waals surface area contributed by atoms with Crippen LogP contribution in [-0.4, -0.2) is 50.7 Å². The Labute approximate surface area is 142 Å². The first-order valence-corrected chi connectivity index (χ1v) is 8.11. The van der Waals surface area contributed by atoms with Crippen LogP contribution in [0.4, 0.5) is 5.69 Å². The summed E-state index contributed by atoms with van der Waals surface area (Å²) in [6, 6.07) is 17.4. The van der Waals surface area contributed by atoms with Crippen LogP contribution in [0.1, 0.15) is 0 Å². The lowest BCUT2D eigenvalue weighted by atomic mass is 10.2. The molecule has 1 saturated heterocycles. The van der Waals surface area contributed by atoms with E-state index in [9.17, 15) is 4.79 Å². The number of hydrogen-bond donors (Lipinski definition) is 0. The van der Waals surface area contributed by atoms with Crippen molar-refractivity contribution in [3.8, 4) is 11.5 Å². The summed E-state index contributed by atoms with van der Waals surface area (Å²) in [5.41, 5.74) is 1.08. The lowest BCUT2D eigenvalue weighted by molar-refractivity contribution is -0.133. The topological polar surface area (TPSA) is 42.0 Å². The lowest BCUT2D eigenvalue weighted by Crippen LogP contribution is -2.50. The molecule has 0 bridgehead atoms. The van der Waals surface area contributed by atoms with E-state index in [4.69, 9.17) is 9.47 Å². The first-order chi connectivity index (χ1) is 11.8. The number of anilines is 1. The predicted octanol–water partition coefficient (Wildman–Crippen LogP) is 2.42. The third kappa shape index (κ3) is 3.79. The van der Waals surface area contributed by atoms with Gasteiger partial charge in [0.05, 0.1) is 12.8 Å². The molecule has 1 amide bonds. The molecule has 0 spiro atoms. The molecule has 1 aliphatic heterocycles. The Hall–Kier alpha value is -2.69. The minimum atomic E-state index is 0.0264. The maximum absolute atomic E-state index is 12.3. The molecule has 3 rings (SSSR count). The van der Waals surface area contributed by atoms with Crippen molar-refractivity contribution in [2.45, 2.75) is 0 Å². The first-order valence-electron chi connectivity index (χ1n) is 8.11. The van der Waals surface area contributed by atoms with E-state index in [1.165, 1.54) is 0 Å².